The molecule has 0 bridgehead atoms. The number of benzene rings is 5. The number of hydrogen-bond acceptors (Lipinski definition) is 2. The van der Waals surface area contributed by atoms with Crippen molar-refractivity contribution in [2.24, 2.45) is 0 Å². The normalized spacial score (nSPS) is 13.4. The van der Waals surface area contributed by atoms with E-state index in [0.717, 1.165) is 17.8 Å². The average molecular weight is 549 g/mol. The lowest BCUT2D eigenvalue weighted by molar-refractivity contribution is 0.506. The highest BCUT2D eigenvalue weighted by molar-refractivity contribution is 5.82. The first-order valence-electron chi connectivity index (χ1n) is 15.5. The molecule has 0 saturated heterocycles. The van der Waals surface area contributed by atoms with Crippen LogP contribution in [0.25, 0.3) is 0 Å². The van der Waals surface area contributed by atoms with E-state index in [1.54, 1.807) is 0 Å². The third-order valence-corrected chi connectivity index (χ3v) is 9.67. The Morgan fingerprint density at radius 3 is 1.21 bits per heavy atom. The molecular weight excluding hydrogens is 508 g/mol. The van der Waals surface area contributed by atoms with Crippen molar-refractivity contribution in [3.8, 4) is 0 Å². The van der Waals surface area contributed by atoms with Crippen LogP contribution in [0.15, 0.2) is 109 Å². The van der Waals surface area contributed by atoms with Gasteiger partial charge in [0.25, 0.3) is 0 Å². The van der Waals surface area contributed by atoms with Crippen LogP contribution in [-0.4, -0.2) is 0 Å². The molecule has 0 unspecified atom stereocenters. The molecule has 42 heavy (non-hydrogen) atoms. The first-order chi connectivity index (χ1) is 20.4. The third kappa shape index (κ3) is 4.79. The summed E-state index contributed by atoms with van der Waals surface area (Å²) in [5, 5.41) is 0. The maximum atomic E-state index is 2.43. The molecule has 0 N–H and O–H groups in total. The second kappa shape index (κ2) is 10.5. The lowest BCUT2D eigenvalue weighted by Crippen LogP contribution is -2.16. The fraction of sp³-hybridized carbons (Fsp3) is 0.250. The van der Waals surface area contributed by atoms with Crippen LogP contribution in [0.4, 0.5) is 34.1 Å². The Bertz CT molecular complexity index is 1670. The summed E-state index contributed by atoms with van der Waals surface area (Å²) in [5.74, 6) is 0. The van der Waals surface area contributed by atoms with E-state index in [1.807, 2.05) is 0 Å². The van der Waals surface area contributed by atoms with Gasteiger partial charge in [-0.2, -0.15) is 0 Å². The van der Waals surface area contributed by atoms with Crippen molar-refractivity contribution in [1.82, 2.24) is 0 Å². The number of rotatable bonds is 8. The smallest absolute Gasteiger partial charge is 0.0464 e. The van der Waals surface area contributed by atoms with Gasteiger partial charge in [-0.25, -0.2) is 0 Å². The first kappa shape index (κ1) is 26.6. The highest BCUT2D eigenvalue weighted by Gasteiger charge is 2.22. The van der Waals surface area contributed by atoms with Gasteiger partial charge in [0, 0.05) is 34.1 Å². The zero-order valence-corrected chi connectivity index (χ0v) is 25.3. The van der Waals surface area contributed by atoms with Crippen LogP contribution in [0.5, 0.6) is 0 Å². The Balaban J connectivity index is 1.29. The lowest BCUT2D eigenvalue weighted by atomic mass is 9.82. The molecule has 2 nitrogen and oxygen atoms in total. The predicted molar refractivity (Wildman–Crippen MR) is 179 cm³/mol. The Morgan fingerprint density at radius 1 is 0.476 bits per heavy atom. The van der Waals surface area contributed by atoms with Gasteiger partial charge in [0.2, 0.25) is 0 Å². The molecule has 0 saturated carbocycles. The molecule has 0 aromatic heterocycles. The Hall–Kier alpha value is -4.30. The topological polar surface area (TPSA) is 6.48 Å². The van der Waals surface area contributed by atoms with E-state index >= 15 is 0 Å². The maximum absolute atomic E-state index is 2.43. The Morgan fingerprint density at radius 2 is 0.833 bits per heavy atom. The molecule has 5 aromatic rings. The maximum Gasteiger partial charge on any atom is 0.0464 e. The minimum absolute atomic E-state index is 0.162. The van der Waals surface area contributed by atoms with Crippen LogP contribution in [0.1, 0.15) is 60.6 Å². The quantitative estimate of drug-likeness (QED) is 0.190. The summed E-state index contributed by atoms with van der Waals surface area (Å²) in [5.41, 5.74) is 15.9. The molecular formula is C40H40N2. The van der Waals surface area contributed by atoms with Crippen molar-refractivity contribution in [3.05, 3.63) is 143 Å². The van der Waals surface area contributed by atoms with E-state index in [4.69, 9.17) is 0 Å². The summed E-state index contributed by atoms with van der Waals surface area (Å²) in [4.78, 5) is 4.80. The molecule has 2 aliphatic carbocycles. The van der Waals surface area contributed by atoms with Gasteiger partial charge in [0.15, 0.2) is 0 Å². The summed E-state index contributed by atoms with van der Waals surface area (Å²) in [6, 6.07) is 41.1. The zero-order chi connectivity index (χ0) is 28.8. The highest BCUT2D eigenvalue weighted by atomic mass is 15.2. The van der Waals surface area contributed by atoms with E-state index in [-0.39, 0.29) is 5.41 Å². The average Bonchev–Trinajstić information content (AvgIpc) is 2.98. The van der Waals surface area contributed by atoms with Crippen molar-refractivity contribution < 1.29 is 0 Å². The van der Waals surface area contributed by atoms with E-state index in [1.165, 1.54) is 81.8 Å². The first-order valence-corrected chi connectivity index (χ1v) is 15.5. The van der Waals surface area contributed by atoms with E-state index in [0.29, 0.717) is 0 Å². The SMILES string of the molecule is CCC(C)(C)c1ccc(N(c2ccc(C)cc2)c2ccc(N(c3ccc4c(c3)CC4)c3ccc4c(c3)CC4)cc2)cc1. The predicted octanol–water partition coefficient (Wildman–Crippen LogP) is 10.8. The van der Waals surface area contributed by atoms with E-state index in [2.05, 4.69) is 147 Å². The molecule has 0 spiro atoms. The van der Waals surface area contributed by atoms with Crippen molar-refractivity contribution in [3.63, 3.8) is 0 Å². The van der Waals surface area contributed by atoms with Gasteiger partial charge in [0.05, 0.1) is 0 Å². The number of hydrogen-bond donors (Lipinski definition) is 0. The molecule has 5 aromatic carbocycles. The number of nitrogens with zero attached hydrogens (tertiary/aromatic N) is 2. The van der Waals surface area contributed by atoms with Crippen molar-refractivity contribution >= 4 is 34.1 Å². The number of fused-ring (bicyclic) bond motifs is 2. The molecule has 2 heteroatoms. The van der Waals surface area contributed by atoms with Crippen LogP contribution in [-0.2, 0) is 31.1 Å². The lowest BCUT2D eigenvalue weighted by Gasteiger charge is -2.31. The minimum Gasteiger partial charge on any atom is -0.311 e. The van der Waals surface area contributed by atoms with Crippen LogP contribution in [0.2, 0.25) is 0 Å². The van der Waals surface area contributed by atoms with Crippen LogP contribution >= 0.6 is 0 Å². The van der Waals surface area contributed by atoms with Gasteiger partial charge < -0.3 is 9.80 Å². The van der Waals surface area contributed by atoms with Crippen molar-refractivity contribution in [2.75, 3.05) is 9.80 Å². The van der Waals surface area contributed by atoms with Gasteiger partial charge in [-0.05, 0) is 145 Å². The monoisotopic (exact) mass is 548 g/mol. The number of anilines is 6. The fourth-order valence-electron chi connectivity index (χ4n) is 6.25. The van der Waals surface area contributed by atoms with Crippen molar-refractivity contribution in [1.29, 1.82) is 0 Å². The summed E-state index contributed by atoms with van der Waals surface area (Å²) >= 11 is 0. The van der Waals surface area contributed by atoms with Crippen molar-refractivity contribution in [2.45, 2.75) is 65.2 Å². The molecule has 7 rings (SSSR count). The minimum atomic E-state index is 0.162. The second-order valence-corrected chi connectivity index (χ2v) is 12.7. The Labute approximate surface area is 251 Å². The summed E-state index contributed by atoms with van der Waals surface area (Å²) < 4.78 is 0. The van der Waals surface area contributed by atoms with Gasteiger partial charge in [-0.1, -0.05) is 62.7 Å². The van der Waals surface area contributed by atoms with E-state index < -0.39 is 0 Å². The van der Waals surface area contributed by atoms with Gasteiger partial charge in [0.1, 0.15) is 0 Å². The molecule has 0 fully saturated rings. The van der Waals surface area contributed by atoms with Gasteiger partial charge >= 0.3 is 0 Å². The molecule has 0 atom stereocenters. The van der Waals surface area contributed by atoms with Crippen LogP contribution in [0, 0.1) is 6.92 Å². The highest BCUT2D eigenvalue weighted by Crippen LogP contribution is 2.42. The molecule has 0 radical (unpaired) electrons. The largest absolute Gasteiger partial charge is 0.311 e. The summed E-state index contributed by atoms with van der Waals surface area (Å²) in [6.07, 6.45) is 5.88. The van der Waals surface area contributed by atoms with Crippen LogP contribution < -0.4 is 9.80 Å². The fourth-order valence-corrected chi connectivity index (χ4v) is 6.25. The standard InChI is InChI=1S/C40H40N2/c1-5-40(3,4)33-14-20-35(21-15-33)41(34-16-6-28(2)7-17-34)36-22-24-37(25-23-36)42(38-18-12-29-8-10-31(29)26-38)39-19-13-30-9-11-32(30)27-39/h6-7,12-27H,5,8-11H2,1-4H3. The molecule has 0 heterocycles. The molecule has 0 amide bonds. The molecule has 0 aliphatic heterocycles. The Kier molecular flexibility index (Phi) is 6.66. The summed E-state index contributed by atoms with van der Waals surface area (Å²) in [7, 11) is 0. The van der Waals surface area contributed by atoms with Crippen LogP contribution in [0.3, 0.4) is 0 Å². The van der Waals surface area contributed by atoms with Gasteiger partial charge in [-0.15, -0.1) is 0 Å². The second-order valence-electron chi connectivity index (χ2n) is 12.7. The molecule has 2 aliphatic rings. The third-order valence-electron chi connectivity index (χ3n) is 9.67. The van der Waals surface area contributed by atoms with Gasteiger partial charge in [-0.3, -0.25) is 0 Å². The number of aryl methyl sites for hydroxylation is 5. The molecule has 210 valence electrons. The summed E-state index contributed by atoms with van der Waals surface area (Å²) in [6.45, 7) is 9.05. The zero-order valence-electron chi connectivity index (χ0n) is 25.3. The van der Waals surface area contributed by atoms with E-state index in [9.17, 15) is 0 Å².